The molecule has 2 aromatic carbocycles. The summed E-state index contributed by atoms with van der Waals surface area (Å²) >= 11 is 0. The van der Waals surface area contributed by atoms with Crippen LogP contribution in [0.3, 0.4) is 0 Å². The van der Waals surface area contributed by atoms with Gasteiger partial charge in [0.15, 0.2) is 0 Å². The van der Waals surface area contributed by atoms with E-state index in [1.54, 1.807) is 0 Å². The number of hydrogen-bond acceptors (Lipinski definition) is 0. The number of hydrogen-bond donors (Lipinski definition) is 0. The normalized spacial score (nSPS) is 19.1. The molecule has 17 heavy (non-hydrogen) atoms. The van der Waals surface area contributed by atoms with E-state index in [0.717, 1.165) is 0 Å². The third-order valence-electron chi connectivity index (χ3n) is 3.19. The second kappa shape index (κ2) is 4.85. The Balaban J connectivity index is 1.78. The van der Waals surface area contributed by atoms with Crippen LogP contribution in [0.15, 0.2) is 66.7 Å². The lowest BCUT2D eigenvalue weighted by Gasteiger charge is -2.11. The Labute approximate surface area is 104 Å². The molecule has 1 atom stereocenters. The van der Waals surface area contributed by atoms with Crippen LogP contribution in [-0.2, 0) is 0 Å². The van der Waals surface area contributed by atoms with E-state index in [9.17, 15) is 0 Å². The molecule has 1 unspecified atom stereocenters. The molecule has 3 rings (SSSR count). The van der Waals surface area contributed by atoms with Crippen molar-refractivity contribution in [2.24, 2.45) is 0 Å². The fraction of sp³-hybridized carbons (Fsp3) is 0.125. The van der Waals surface area contributed by atoms with E-state index in [2.05, 4.69) is 66.7 Å². The van der Waals surface area contributed by atoms with Gasteiger partial charge in [-0.25, -0.2) is 0 Å². The van der Waals surface area contributed by atoms with E-state index < -0.39 is 0 Å². The van der Waals surface area contributed by atoms with Crippen molar-refractivity contribution in [1.82, 2.24) is 0 Å². The van der Waals surface area contributed by atoms with Crippen LogP contribution in [0.1, 0.15) is 5.56 Å². The van der Waals surface area contributed by atoms with Crippen molar-refractivity contribution in [3.05, 3.63) is 72.3 Å². The summed E-state index contributed by atoms with van der Waals surface area (Å²) in [6, 6.07) is 21.7. The monoisotopic (exact) mass is 238 g/mol. The standard InChI is InChI=1S/C16H15P/c1-3-7-14(8-4-1)15-11-12-17(13-15)16-9-5-2-6-10-16/h1-11H,12-13H2. The van der Waals surface area contributed by atoms with Crippen molar-refractivity contribution in [2.75, 3.05) is 12.3 Å². The maximum atomic E-state index is 2.42. The van der Waals surface area contributed by atoms with Crippen LogP contribution in [-0.4, -0.2) is 12.3 Å². The maximum absolute atomic E-state index is 2.42. The molecule has 0 radical (unpaired) electrons. The molecule has 84 valence electrons. The van der Waals surface area contributed by atoms with Gasteiger partial charge in [0.2, 0.25) is 0 Å². The molecule has 0 amide bonds. The number of benzene rings is 2. The van der Waals surface area contributed by atoms with Gasteiger partial charge in [-0.05, 0) is 28.8 Å². The molecule has 0 nitrogen and oxygen atoms in total. The van der Waals surface area contributed by atoms with Gasteiger partial charge < -0.3 is 0 Å². The molecular formula is C16H15P. The minimum absolute atomic E-state index is 0.00425. The van der Waals surface area contributed by atoms with E-state index in [4.69, 9.17) is 0 Å². The molecule has 1 heterocycles. The zero-order chi connectivity index (χ0) is 11.5. The second-order valence-corrected chi connectivity index (χ2v) is 6.59. The Morgan fingerprint density at radius 3 is 2.12 bits per heavy atom. The molecule has 0 spiro atoms. The van der Waals surface area contributed by atoms with Gasteiger partial charge in [-0.3, -0.25) is 0 Å². The minimum Gasteiger partial charge on any atom is -0.0757 e. The predicted molar refractivity (Wildman–Crippen MR) is 77.1 cm³/mol. The Hall–Kier alpha value is -1.39. The van der Waals surface area contributed by atoms with Crippen LogP contribution in [0.2, 0.25) is 0 Å². The van der Waals surface area contributed by atoms with Crippen molar-refractivity contribution >= 4 is 18.8 Å². The summed E-state index contributed by atoms with van der Waals surface area (Å²) in [5, 5.41) is 1.53. The summed E-state index contributed by atoms with van der Waals surface area (Å²) in [6.07, 6.45) is 4.90. The molecule has 0 aliphatic carbocycles. The van der Waals surface area contributed by atoms with Gasteiger partial charge in [-0.15, -0.1) is 0 Å². The van der Waals surface area contributed by atoms with Crippen molar-refractivity contribution in [3.63, 3.8) is 0 Å². The first kappa shape index (κ1) is 10.7. The molecule has 0 fully saturated rings. The molecule has 2 aromatic rings. The van der Waals surface area contributed by atoms with Crippen molar-refractivity contribution in [3.8, 4) is 0 Å². The highest BCUT2D eigenvalue weighted by Gasteiger charge is 2.18. The average molecular weight is 238 g/mol. The molecule has 0 saturated carbocycles. The molecule has 0 saturated heterocycles. The van der Waals surface area contributed by atoms with Crippen LogP contribution < -0.4 is 5.30 Å². The number of rotatable bonds is 2. The van der Waals surface area contributed by atoms with E-state index >= 15 is 0 Å². The van der Waals surface area contributed by atoms with Crippen LogP contribution in [0, 0.1) is 0 Å². The fourth-order valence-corrected chi connectivity index (χ4v) is 4.53. The van der Waals surface area contributed by atoms with Crippen LogP contribution in [0.5, 0.6) is 0 Å². The highest BCUT2D eigenvalue weighted by Crippen LogP contribution is 2.44. The summed E-state index contributed by atoms with van der Waals surface area (Å²) in [6.45, 7) is 0. The molecule has 0 aromatic heterocycles. The van der Waals surface area contributed by atoms with Gasteiger partial charge in [0, 0.05) is 0 Å². The first-order chi connectivity index (χ1) is 8.43. The zero-order valence-electron chi connectivity index (χ0n) is 9.71. The lowest BCUT2D eigenvalue weighted by molar-refractivity contribution is 1.58. The Bertz CT molecular complexity index is 514. The molecule has 0 N–H and O–H groups in total. The van der Waals surface area contributed by atoms with E-state index in [-0.39, 0.29) is 7.92 Å². The van der Waals surface area contributed by atoms with Crippen molar-refractivity contribution in [2.45, 2.75) is 0 Å². The zero-order valence-corrected chi connectivity index (χ0v) is 10.6. The van der Waals surface area contributed by atoms with Crippen molar-refractivity contribution in [1.29, 1.82) is 0 Å². The third kappa shape index (κ3) is 2.33. The second-order valence-electron chi connectivity index (χ2n) is 4.31. The molecule has 1 heteroatoms. The maximum Gasteiger partial charge on any atom is -0.00271 e. The Morgan fingerprint density at radius 1 is 0.765 bits per heavy atom. The third-order valence-corrected chi connectivity index (χ3v) is 5.56. The summed E-state index contributed by atoms with van der Waals surface area (Å²) in [7, 11) is 0.00425. The highest BCUT2D eigenvalue weighted by atomic mass is 31.1. The van der Waals surface area contributed by atoms with Gasteiger partial charge >= 0.3 is 0 Å². The summed E-state index contributed by atoms with van der Waals surface area (Å²) in [4.78, 5) is 0. The summed E-state index contributed by atoms with van der Waals surface area (Å²) < 4.78 is 0. The molecule has 1 aliphatic rings. The largest absolute Gasteiger partial charge is 0.0757 e. The minimum atomic E-state index is 0.00425. The first-order valence-electron chi connectivity index (χ1n) is 5.98. The summed E-state index contributed by atoms with van der Waals surface area (Å²) in [5.41, 5.74) is 2.92. The van der Waals surface area contributed by atoms with Gasteiger partial charge in [0.05, 0.1) is 0 Å². The van der Waals surface area contributed by atoms with Crippen LogP contribution >= 0.6 is 7.92 Å². The molecular weight excluding hydrogens is 223 g/mol. The predicted octanol–water partition coefficient (Wildman–Crippen LogP) is 3.89. The number of allylic oxidation sites excluding steroid dienone is 2. The average Bonchev–Trinajstić information content (AvgIpc) is 2.90. The van der Waals surface area contributed by atoms with E-state index in [1.165, 1.54) is 28.8 Å². The van der Waals surface area contributed by atoms with Crippen LogP contribution in [0.4, 0.5) is 0 Å². The quantitative estimate of drug-likeness (QED) is 0.696. The highest BCUT2D eigenvalue weighted by molar-refractivity contribution is 7.66. The van der Waals surface area contributed by atoms with Gasteiger partial charge in [0.1, 0.15) is 0 Å². The van der Waals surface area contributed by atoms with Gasteiger partial charge in [0.25, 0.3) is 0 Å². The molecule has 1 aliphatic heterocycles. The van der Waals surface area contributed by atoms with Crippen LogP contribution in [0.25, 0.3) is 5.57 Å². The van der Waals surface area contributed by atoms with E-state index in [1.807, 2.05) is 0 Å². The SMILES string of the molecule is C1=C(c2ccccc2)CP(c2ccccc2)C1. The van der Waals surface area contributed by atoms with Crippen molar-refractivity contribution < 1.29 is 0 Å². The molecule has 0 bridgehead atoms. The lowest BCUT2D eigenvalue weighted by atomic mass is 10.1. The Morgan fingerprint density at radius 2 is 1.41 bits per heavy atom. The summed E-state index contributed by atoms with van der Waals surface area (Å²) in [5.74, 6) is 0. The Kier molecular flexibility index (Phi) is 3.07. The smallest absolute Gasteiger partial charge is 0.00271 e. The van der Waals surface area contributed by atoms with Gasteiger partial charge in [-0.1, -0.05) is 74.7 Å². The fourth-order valence-electron chi connectivity index (χ4n) is 2.25. The van der Waals surface area contributed by atoms with E-state index in [0.29, 0.717) is 0 Å². The van der Waals surface area contributed by atoms with Gasteiger partial charge in [-0.2, -0.15) is 0 Å². The first-order valence-corrected chi connectivity index (χ1v) is 7.69. The topological polar surface area (TPSA) is 0 Å². The lowest BCUT2D eigenvalue weighted by Crippen LogP contribution is -2.01.